The summed E-state index contributed by atoms with van der Waals surface area (Å²) >= 11 is 0. The van der Waals surface area contributed by atoms with E-state index >= 15 is 0 Å². The lowest BCUT2D eigenvalue weighted by atomic mass is 9.48. The maximum absolute atomic E-state index is 12.5. The number of allylic oxidation sites excluding steroid dienone is 2. The molecule has 0 aliphatic heterocycles. The Morgan fingerprint density at radius 2 is 1.80 bits per heavy atom. The molecule has 4 heteroatoms. The zero-order valence-electron chi connectivity index (χ0n) is 19.4. The molecular weight excluding hydrogens is 376 g/mol. The summed E-state index contributed by atoms with van der Waals surface area (Å²) in [5.41, 5.74) is 2.24. The molecule has 4 aliphatic rings. The molecule has 4 rings (SSSR count). The van der Waals surface area contributed by atoms with Crippen LogP contribution in [-0.4, -0.2) is 24.1 Å². The fourth-order valence-corrected chi connectivity index (χ4v) is 7.59. The van der Waals surface area contributed by atoms with Gasteiger partial charge >= 0.3 is 11.9 Å². The van der Waals surface area contributed by atoms with Crippen LogP contribution in [0.25, 0.3) is 0 Å². The van der Waals surface area contributed by atoms with Crippen molar-refractivity contribution in [3.8, 4) is 0 Å². The van der Waals surface area contributed by atoms with Crippen LogP contribution in [0.2, 0.25) is 0 Å². The molecule has 0 amide bonds. The monoisotopic (exact) mass is 416 g/mol. The first kappa shape index (κ1) is 21.9. The van der Waals surface area contributed by atoms with Gasteiger partial charge in [-0.1, -0.05) is 31.9 Å². The first-order valence-corrected chi connectivity index (χ1v) is 12.3. The van der Waals surface area contributed by atoms with Crippen molar-refractivity contribution in [2.45, 2.75) is 111 Å². The van der Waals surface area contributed by atoms with Crippen LogP contribution in [-0.2, 0) is 19.1 Å². The maximum Gasteiger partial charge on any atom is 0.306 e. The van der Waals surface area contributed by atoms with Gasteiger partial charge in [0, 0.05) is 5.41 Å². The number of ether oxygens (including phenoxy) is 2. The van der Waals surface area contributed by atoms with E-state index in [1.807, 2.05) is 13.8 Å². The van der Waals surface area contributed by atoms with Gasteiger partial charge in [-0.05, 0) is 88.4 Å². The summed E-state index contributed by atoms with van der Waals surface area (Å²) in [7, 11) is 0. The highest BCUT2D eigenvalue weighted by molar-refractivity contribution is 5.77. The Bertz CT molecular complexity index is 710. The molecular formula is C26H40O4. The summed E-state index contributed by atoms with van der Waals surface area (Å²) in [6.45, 7) is 8.56. The zero-order valence-corrected chi connectivity index (χ0v) is 19.4. The third kappa shape index (κ3) is 3.84. The fourth-order valence-electron chi connectivity index (χ4n) is 7.59. The molecule has 6 atom stereocenters. The molecule has 4 aliphatic carbocycles. The number of carbonyl (C=O) groups excluding carboxylic acids is 2. The lowest BCUT2D eigenvalue weighted by Gasteiger charge is -2.57. The molecule has 3 saturated carbocycles. The van der Waals surface area contributed by atoms with E-state index in [2.05, 4.69) is 19.9 Å². The van der Waals surface area contributed by atoms with Gasteiger partial charge in [0.05, 0.1) is 18.9 Å². The molecule has 30 heavy (non-hydrogen) atoms. The molecule has 168 valence electrons. The van der Waals surface area contributed by atoms with Gasteiger partial charge in [0.15, 0.2) is 0 Å². The van der Waals surface area contributed by atoms with E-state index in [4.69, 9.17) is 9.47 Å². The minimum absolute atomic E-state index is 0.00149. The van der Waals surface area contributed by atoms with E-state index in [-0.39, 0.29) is 42.4 Å². The number of hydrogen-bond acceptors (Lipinski definition) is 4. The normalized spacial score (nSPS) is 40.1. The zero-order chi connectivity index (χ0) is 21.5. The lowest BCUT2D eigenvalue weighted by molar-refractivity contribution is -0.162. The van der Waals surface area contributed by atoms with Crippen molar-refractivity contribution in [3.05, 3.63) is 11.6 Å². The van der Waals surface area contributed by atoms with E-state index in [1.165, 1.54) is 44.9 Å². The Balaban J connectivity index is 1.40. The molecule has 3 fully saturated rings. The van der Waals surface area contributed by atoms with Crippen molar-refractivity contribution in [1.82, 2.24) is 0 Å². The number of carbonyl (C=O) groups is 2. The van der Waals surface area contributed by atoms with Crippen LogP contribution >= 0.6 is 0 Å². The largest absolute Gasteiger partial charge is 0.463 e. The van der Waals surface area contributed by atoms with Crippen molar-refractivity contribution < 1.29 is 19.1 Å². The molecule has 0 saturated heterocycles. The molecule has 6 unspecified atom stereocenters. The summed E-state index contributed by atoms with van der Waals surface area (Å²) in [4.78, 5) is 24.2. The predicted octanol–water partition coefficient (Wildman–Crippen LogP) is 5.98. The summed E-state index contributed by atoms with van der Waals surface area (Å²) in [5.74, 6) is 1.63. The molecule has 0 aromatic heterocycles. The van der Waals surface area contributed by atoms with Gasteiger partial charge in [0.25, 0.3) is 0 Å². The van der Waals surface area contributed by atoms with Crippen molar-refractivity contribution in [3.63, 3.8) is 0 Å². The van der Waals surface area contributed by atoms with Crippen LogP contribution in [0.5, 0.6) is 0 Å². The van der Waals surface area contributed by atoms with Crippen LogP contribution in [0, 0.1) is 28.6 Å². The van der Waals surface area contributed by atoms with Gasteiger partial charge in [-0.2, -0.15) is 0 Å². The third-order valence-corrected chi connectivity index (χ3v) is 9.10. The van der Waals surface area contributed by atoms with Crippen LogP contribution in [0.4, 0.5) is 0 Å². The second-order valence-electron chi connectivity index (χ2n) is 11.1. The molecule has 0 radical (unpaired) electrons. The van der Waals surface area contributed by atoms with E-state index < -0.39 is 0 Å². The maximum atomic E-state index is 12.5. The van der Waals surface area contributed by atoms with Gasteiger partial charge in [0.2, 0.25) is 0 Å². The average Bonchev–Trinajstić information content (AvgIpc) is 3.02. The number of esters is 2. The Kier molecular flexibility index (Phi) is 6.07. The Labute approximate surface area is 182 Å². The van der Waals surface area contributed by atoms with Gasteiger partial charge < -0.3 is 9.47 Å². The summed E-state index contributed by atoms with van der Waals surface area (Å²) in [6.07, 6.45) is 13.9. The standard InChI is InChI=1S/C26H40O4/c1-17(2)29-23(27)12-13-24(28)30-22-11-10-20-19-9-8-18-7-5-6-15-25(18,3)21(19)14-16-26(20,22)4/h8,17,19-22H,5-7,9-16H2,1-4H3. The second-order valence-corrected chi connectivity index (χ2v) is 11.1. The third-order valence-electron chi connectivity index (χ3n) is 9.10. The minimum atomic E-state index is -0.316. The van der Waals surface area contributed by atoms with Crippen molar-refractivity contribution in [2.24, 2.45) is 28.6 Å². The Morgan fingerprint density at radius 3 is 2.57 bits per heavy atom. The summed E-state index contributed by atoms with van der Waals surface area (Å²) in [6, 6.07) is 0. The van der Waals surface area contributed by atoms with E-state index in [0.717, 1.165) is 24.7 Å². The van der Waals surface area contributed by atoms with Gasteiger partial charge in [0.1, 0.15) is 6.10 Å². The van der Waals surface area contributed by atoms with Gasteiger partial charge in [-0.15, -0.1) is 0 Å². The molecule has 0 aromatic rings. The molecule has 0 aromatic carbocycles. The van der Waals surface area contributed by atoms with Gasteiger partial charge in [-0.3, -0.25) is 9.59 Å². The first-order valence-electron chi connectivity index (χ1n) is 12.3. The highest BCUT2D eigenvalue weighted by atomic mass is 16.6. The van der Waals surface area contributed by atoms with Crippen LogP contribution in [0.1, 0.15) is 98.3 Å². The molecule has 4 nitrogen and oxygen atoms in total. The summed E-state index contributed by atoms with van der Waals surface area (Å²) in [5, 5.41) is 0. The number of hydrogen-bond donors (Lipinski definition) is 0. The molecule has 0 heterocycles. The van der Waals surface area contributed by atoms with Crippen LogP contribution in [0.3, 0.4) is 0 Å². The quantitative estimate of drug-likeness (QED) is 0.408. The smallest absolute Gasteiger partial charge is 0.306 e. The molecule has 0 spiro atoms. The van der Waals surface area contributed by atoms with Crippen molar-refractivity contribution >= 4 is 11.9 Å². The predicted molar refractivity (Wildman–Crippen MR) is 117 cm³/mol. The minimum Gasteiger partial charge on any atom is -0.463 e. The Hall–Kier alpha value is -1.32. The van der Waals surface area contributed by atoms with E-state index in [1.54, 1.807) is 5.57 Å². The highest BCUT2D eigenvalue weighted by Gasteiger charge is 2.59. The van der Waals surface area contributed by atoms with Crippen LogP contribution in [0.15, 0.2) is 11.6 Å². The molecule has 0 N–H and O–H groups in total. The lowest BCUT2D eigenvalue weighted by Crippen LogP contribution is -2.50. The number of rotatable bonds is 5. The fraction of sp³-hybridized carbons (Fsp3) is 0.846. The number of fused-ring (bicyclic) bond motifs is 5. The Morgan fingerprint density at radius 1 is 1.03 bits per heavy atom. The average molecular weight is 417 g/mol. The summed E-state index contributed by atoms with van der Waals surface area (Å²) < 4.78 is 11.1. The topological polar surface area (TPSA) is 52.6 Å². The van der Waals surface area contributed by atoms with E-state index in [9.17, 15) is 9.59 Å². The van der Waals surface area contributed by atoms with E-state index in [0.29, 0.717) is 11.3 Å². The SMILES string of the molecule is CC(C)OC(=O)CCC(=O)OC1CCC2C3CC=C4CCCCC4(C)C3CCC12C. The second kappa shape index (κ2) is 8.31. The van der Waals surface area contributed by atoms with Gasteiger partial charge in [-0.25, -0.2) is 0 Å². The van der Waals surface area contributed by atoms with Crippen molar-refractivity contribution in [2.75, 3.05) is 0 Å². The molecule has 0 bridgehead atoms. The van der Waals surface area contributed by atoms with Crippen LogP contribution < -0.4 is 0 Å². The highest BCUT2D eigenvalue weighted by Crippen LogP contribution is 2.65. The van der Waals surface area contributed by atoms with Crippen molar-refractivity contribution in [1.29, 1.82) is 0 Å². The first-order chi connectivity index (χ1) is 14.2.